The SMILES string of the molecule is COCCNCC(=O)Nc1cc(NC(=O)C(C)(C)C)ccc1C. The summed E-state index contributed by atoms with van der Waals surface area (Å²) >= 11 is 0. The summed E-state index contributed by atoms with van der Waals surface area (Å²) in [7, 11) is 1.61. The average Bonchev–Trinajstić information content (AvgIpc) is 2.46. The lowest BCUT2D eigenvalue weighted by Gasteiger charge is -2.18. The van der Waals surface area contributed by atoms with Gasteiger partial charge in [-0.05, 0) is 24.6 Å². The smallest absolute Gasteiger partial charge is 0.238 e. The minimum atomic E-state index is -0.473. The largest absolute Gasteiger partial charge is 0.383 e. The highest BCUT2D eigenvalue weighted by Crippen LogP contribution is 2.22. The van der Waals surface area contributed by atoms with E-state index < -0.39 is 5.41 Å². The van der Waals surface area contributed by atoms with Gasteiger partial charge in [-0.15, -0.1) is 0 Å². The van der Waals surface area contributed by atoms with Gasteiger partial charge >= 0.3 is 0 Å². The van der Waals surface area contributed by atoms with Gasteiger partial charge in [0, 0.05) is 30.4 Å². The number of benzene rings is 1. The van der Waals surface area contributed by atoms with Crippen LogP contribution in [0, 0.1) is 12.3 Å². The van der Waals surface area contributed by atoms with Crippen molar-refractivity contribution in [1.29, 1.82) is 0 Å². The van der Waals surface area contributed by atoms with Crippen molar-refractivity contribution < 1.29 is 14.3 Å². The summed E-state index contributed by atoms with van der Waals surface area (Å²) in [6.07, 6.45) is 0. The number of hydrogen-bond acceptors (Lipinski definition) is 4. The molecule has 128 valence electrons. The molecule has 1 aromatic carbocycles. The summed E-state index contributed by atoms with van der Waals surface area (Å²) in [6, 6.07) is 5.46. The number of anilines is 2. The second-order valence-corrected chi connectivity index (χ2v) is 6.45. The fraction of sp³-hybridized carbons (Fsp3) is 0.529. The summed E-state index contributed by atoms with van der Waals surface area (Å²) < 4.78 is 4.91. The lowest BCUT2D eigenvalue weighted by molar-refractivity contribution is -0.123. The van der Waals surface area contributed by atoms with Gasteiger partial charge in [0.1, 0.15) is 0 Å². The summed E-state index contributed by atoms with van der Waals surface area (Å²) in [4.78, 5) is 24.0. The fourth-order valence-corrected chi connectivity index (χ4v) is 1.72. The van der Waals surface area contributed by atoms with Gasteiger partial charge in [0.05, 0.1) is 13.2 Å². The molecule has 0 bridgehead atoms. The number of carbonyl (C=O) groups is 2. The number of ether oxygens (including phenoxy) is 1. The Bertz CT molecular complexity index is 551. The standard InChI is InChI=1S/C17H27N3O3/c1-12-6-7-13(19-16(22)17(2,3)4)10-14(12)20-15(21)11-18-8-9-23-5/h6-7,10,18H,8-9,11H2,1-5H3,(H,19,22)(H,20,21). The Labute approximate surface area is 138 Å². The van der Waals surface area contributed by atoms with Crippen molar-refractivity contribution in [1.82, 2.24) is 5.32 Å². The van der Waals surface area contributed by atoms with Crippen molar-refractivity contribution in [3.63, 3.8) is 0 Å². The van der Waals surface area contributed by atoms with Crippen molar-refractivity contribution in [2.75, 3.05) is 37.4 Å². The normalized spacial score (nSPS) is 11.2. The van der Waals surface area contributed by atoms with E-state index in [9.17, 15) is 9.59 Å². The second-order valence-electron chi connectivity index (χ2n) is 6.45. The van der Waals surface area contributed by atoms with E-state index in [1.807, 2.05) is 39.8 Å². The van der Waals surface area contributed by atoms with E-state index in [0.717, 1.165) is 5.56 Å². The van der Waals surface area contributed by atoms with Gasteiger partial charge in [0.2, 0.25) is 11.8 Å². The maximum atomic E-state index is 12.0. The molecule has 0 aliphatic rings. The number of rotatable bonds is 7. The first kappa shape index (κ1) is 19.1. The molecule has 0 unspecified atom stereocenters. The predicted molar refractivity (Wildman–Crippen MR) is 92.6 cm³/mol. The molecule has 23 heavy (non-hydrogen) atoms. The molecule has 0 fully saturated rings. The van der Waals surface area contributed by atoms with Crippen LogP contribution < -0.4 is 16.0 Å². The van der Waals surface area contributed by atoms with Crippen LogP contribution >= 0.6 is 0 Å². The van der Waals surface area contributed by atoms with E-state index >= 15 is 0 Å². The van der Waals surface area contributed by atoms with Gasteiger partial charge in [0.25, 0.3) is 0 Å². The quantitative estimate of drug-likeness (QED) is 0.672. The highest BCUT2D eigenvalue weighted by molar-refractivity contribution is 5.97. The van der Waals surface area contributed by atoms with Gasteiger partial charge in [0.15, 0.2) is 0 Å². The van der Waals surface area contributed by atoms with Gasteiger partial charge < -0.3 is 20.7 Å². The first-order valence-electron chi connectivity index (χ1n) is 7.65. The number of aryl methyl sites for hydroxylation is 1. The Kier molecular flexibility index (Phi) is 7.19. The molecule has 2 amide bonds. The molecular weight excluding hydrogens is 294 g/mol. The van der Waals surface area contributed by atoms with E-state index in [1.165, 1.54) is 0 Å². The second kappa shape index (κ2) is 8.64. The summed E-state index contributed by atoms with van der Waals surface area (Å²) in [6.45, 7) is 8.84. The zero-order valence-corrected chi connectivity index (χ0v) is 14.6. The van der Waals surface area contributed by atoms with Gasteiger partial charge in [-0.1, -0.05) is 26.8 Å². The molecule has 0 saturated heterocycles. The number of amides is 2. The Morgan fingerprint density at radius 2 is 1.87 bits per heavy atom. The Morgan fingerprint density at radius 3 is 2.48 bits per heavy atom. The highest BCUT2D eigenvalue weighted by Gasteiger charge is 2.21. The number of methoxy groups -OCH3 is 1. The van der Waals surface area contributed by atoms with Crippen molar-refractivity contribution in [2.24, 2.45) is 5.41 Å². The molecule has 0 aromatic heterocycles. The van der Waals surface area contributed by atoms with Gasteiger partial charge in [-0.25, -0.2) is 0 Å². The van der Waals surface area contributed by atoms with Crippen LogP contribution in [0.3, 0.4) is 0 Å². The molecule has 0 radical (unpaired) electrons. The van der Waals surface area contributed by atoms with Crippen molar-refractivity contribution in [2.45, 2.75) is 27.7 Å². The summed E-state index contributed by atoms with van der Waals surface area (Å²) in [5.74, 6) is -0.205. The van der Waals surface area contributed by atoms with Gasteiger partial charge in [-0.3, -0.25) is 9.59 Å². The maximum absolute atomic E-state index is 12.0. The maximum Gasteiger partial charge on any atom is 0.238 e. The highest BCUT2D eigenvalue weighted by atomic mass is 16.5. The Balaban J connectivity index is 2.67. The molecule has 0 aliphatic heterocycles. The minimum Gasteiger partial charge on any atom is -0.383 e. The number of carbonyl (C=O) groups excluding carboxylic acids is 2. The van der Waals surface area contributed by atoms with Crippen LogP contribution in [0.4, 0.5) is 11.4 Å². The van der Waals surface area contributed by atoms with Crippen molar-refractivity contribution >= 4 is 23.2 Å². The van der Waals surface area contributed by atoms with Crippen LogP contribution in [0.5, 0.6) is 0 Å². The molecule has 6 nitrogen and oxygen atoms in total. The molecule has 1 rings (SSSR count). The first-order valence-corrected chi connectivity index (χ1v) is 7.65. The Morgan fingerprint density at radius 1 is 1.17 bits per heavy atom. The van der Waals surface area contributed by atoms with E-state index in [1.54, 1.807) is 13.2 Å². The topological polar surface area (TPSA) is 79.5 Å². The molecule has 0 spiro atoms. The molecule has 6 heteroatoms. The van der Waals surface area contributed by atoms with E-state index in [2.05, 4.69) is 16.0 Å². The molecule has 0 saturated carbocycles. The first-order chi connectivity index (χ1) is 10.7. The fourth-order valence-electron chi connectivity index (χ4n) is 1.72. The zero-order chi connectivity index (χ0) is 17.5. The summed E-state index contributed by atoms with van der Waals surface area (Å²) in [5.41, 5.74) is 1.82. The van der Waals surface area contributed by atoms with Crippen molar-refractivity contribution in [3.05, 3.63) is 23.8 Å². The Hall–Kier alpha value is -1.92. The van der Waals surface area contributed by atoms with E-state index in [4.69, 9.17) is 4.74 Å². The molecule has 1 aromatic rings. The molecule has 3 N–H and O–H groups in total. The van der Waals surface area contributed by atoms with Crippen LogP contribution in [-0.2, 0) is 14.3 Å². The predicted octanol–water partition coefficient (Wildman–Crippen LogP) is 2.15. The minimum absolute atomic E-state index is 0.0696. The third-order valence-electron chi connectivity index (χ3n) is 3.22. The third-order valence-corrected chi connectivity index (χ3v) is 3.22. The van der Waals surface area contributed by atoms with Crippen molar-refractivity contribution in [3.8, 4) is 0 Å². The van der Waals surface area contributed by atoms with Crippen LogP contribution in [0.2, 0.25) is 0 Å². The van der Waals surface area contributed by atoms with E-state index in [-0.39, 0.29) is 18.4 Å². The summed E-state index contributed by atoms with van der Waals surface area (Å²) in [5, 5.41) is 8.69. The van der Waals surface area contributed by atoms with Crippen LogP contribution in [-0.4, -0.2) is 38.6 Å². The lowest BCUT2D eigenvalue weighted by atomic mass is 9.95. The average molecular weight is 321 g/mol. The lowest BCUT2D eigenvalue weighted by Crippen LogP contribution is -2.30. The molecule has 0 heterocycles. The van der Waals surface area contributed by atoms with Crippen LogP contribution in [0.1, 0.15) is 26.3 Å². The van der Waals surface area contributed by atoms with Gasteiger partial charge in [-0.2, -0.15) is 0 Å². The number of hydrogen-bond donors (Lipinski definition) is 3. The molecular formula is C17H27N3O3. The van der Waals surface area contributed by atoms with Crippen LogP contribution in [0.25, 0.3) is 0 Å². The molecule has 0 aliphatic carbocycles. The number of nitrogens with one attached hydrogen (secondary N) is 3. The van der Waals surface area contributed by atoms with Crippen LogP contribution in [0.15, 0.2) is 18.2 Å². The molecule has 0 atom stereocenters. The zero-order valence-electron chi connectivity index (χ0n) is 14.6. The monoisotopic (exact) mass is 321 g/mol. The third kappa shape index (κ3) is 6.80. The van der Waals surface area contributed by atoms with E-state index in [0.29, 0.717) is 24.5 Å².